The molecule has 0 aliphatic carbocycles. The van der Waals surface area contributed by atoms with Crippen LogP contribution in [-0.2, 0) is 91.1 Å². The van der Waals surface area contributed by atoms with Gasteiger partial charge in [-0.3, -0.25) is 14.4 Å². The lowest BCUT2D eigenvalue weighted by Crippen LogP contribution is -2.66. The molecule has 0 saturated carbocycles. The quantitative estimate of drug-likeness (QED) is 0.0348. The highest BCUT2D eigenvalue weighted by Gasteiger charge is 2.50. The van der Waals surface area contributed by atoms with Crippen LogP contribution in [0, 0.1) is 5.41 Å². The normalized spacial score (nSPS) is 14.9. The maximum atomic E-state index is 13.0. The van der Waals surface area contributed by atoms with Crippen LogP contribution in [0.2, 0.25) is 5.04 Å². The summed E-state index contributed by atoms with van der Waals surface area (Å²) >= 11 is 0. The number of carbonyl (C=O) groups excluding carboxylic acids is 3. The van der Waals surface area contributed by atoms with Crippen LogP contribution in [0.1, 0.15) is 93.2 Å². The first-order valence-electron chi connectivity index (χ1n) is 25.3. The first-order valence-corrected chi connectivity index (χ1v) is 27.3. The van der Waals surface area contributed by atoms with Crippen molar-refractivity contribution >= 4 is 36.5 Å². The summed E-state index contributed by atoms with van der Waals surface area (Å²) in [5.74, 6) is -1.44. The third-order valence-electron chi connectivity index (χ3n) is 12.9. The summed E-state index contributed by atoms with van der Waals surface area (Å²) in [6.45, 7) is 11.7. The van der Waals surface area contributed by atoms with Crippen molar-refractivity contribution in [1.29, 1.82) is 0 Å². The molecule has 2 unspecified atom stereocenters. The number of benzene rings is 5. The predicted molar refractivity (Wildman–Crippen MR) is 281 cm³/mol. The number of hydrogen-bond donors (Lipinski definition) is 1. The Hall–Kier alpha value is -5.51. The number of esters is 2. The Morgan fingerprint density at radius 1 is 0.569 bits per heavy atom. The maximum absolute atomic E-state index is 13.0. The molecule has 0 spiro atoms. The number of primary amides is 1. The molecule has 12 nitrogen and oxygen atoms in total. The number of amides is 1. The monoisotopic (exact) mass is 1000 g/mol. The Kier molecular flexibility index (Phi) is 22.2. The highest BCUT2D eigenvalue weighted by Crippen LogP contribution is 2.37. The molecule has 1 saturated heterocycles. The van der Waals surface area contributed by atoms with Gasteiger partial charge in [-0.15, -0.1) is 0 Å². The van der Waals surface area contributed by atoms with Gasteiger partial charge in [-0.25, -0.2) is 0 Å². The van der Waals surface area contributed by atoms with Gasteiger partial charge in [0, 0.05) is 33.0 Å². The van der Waals surface area contributed by atoms with Gasteiger partial charge in [0.1, 0.15) is 6.61 Å². The molecule has 1 aliphatic heterocycles. The second-order valence-corrected chi connectivity index (χ2v) is 24.1. The molecule has 386 valence electrons. The van der Waals surface area contributed by atoms with E-state index in [2.05, 4.69) is 118 Å². The minimum atomic E-state index is -2.67. The van der Waals surface area contributed by atoms with E-state index in [1.165, 1.54) is 17.3 Å². The summed E-state index contributed by atoms with van der Waals surface area (Å²) in [5.41, 5.74) is 10.7. The van der Waals surface area contributed by atoms with Crippen molar-refractivity contribution in [2.75, 3.05) is 52.9 Å². The highest BCUT2D eigenvalue weighted by atomic mass is 28.4. The van der Waals surface area contributed by atoms with Gasteiger partial charge in [-0.05, 0) is 80.9 Å². The zero-order valence-corrected chi connectivity index (χ0v) is 43.8. The van der Waals surface area contributed by atoms with E-state index in [1.807, 2.05) is 36.4 Å². The Morgan fingerprint density at radius 3 is 1.46 bits per heavy atom. The van der Waals surface area contributed by atoms with E-state index >= 15 is 0 Å². The summed E-state index contributed by atoms with van der Waals surface area (Å²) in [4.78, 5) is 35.8. The van der Waals surface area contributed by atoms with Crippen molar-refractivity contribution in [3.05, 3.63) is 167 Å². The molecule has 72 heavy (non-hydrogen) atoms. The number of ether oxygens (including phenoxy) is 7. The fourth-order valence-electron chi connectivity index (χ4n) is 8.89. The molecule has 6 rings (SSSR count). The predicted octanol–water partition coefficient (Wildman–Crippen LogP) is 8.74. The van der Waals surface area contributed by atoms with Crippen LogP contribution in [0.4, 0.5) is 0 Å². The Bertz CT molecular complexity index is 2330. The molecular weight excluding hydrogens is 927 g/mol. The summed E-state index contributed by atoms with van der Waals surface area (Å²) in [6.07, 6.45) is 4.89. The molecule has 1 fully saturated rings. The zero-order chi connectivity index (χ0) is 51.1. The molecule has 2 N–H and O–H groups in total. The fourth-order valence-corrected chi connectivity index (χ4v) is 13.5. The van der Waals surface area contributed by atoms with Gasteiger partial charge < -0.3 is 43.3 Å². The third kappa shape index (κ3) is 17.9. The van der Waals surface area contributed by atoms with Crippen LogP contribution in [0.25, 0.3) is 0 Å². The van der Waals surface area contributed by atoms with Gasteiger partial charge in [0.05, 0.1) is 64.7 Å². The number of hydrogen-bond acceptors (Lipinski definition) is 11. The Balaban J connectivity index is 1.12. The molecule has 1 amide bonds. The van der Waals surface area contributed by atoms with Crippen molar-refractivity contribution in [3.8, 4) is 0 Å². The zero-order valence-electron chi connectivity index (χ0n) is 42.8. The van der Waals surface area contributed by atoms with E-state index in [-0.39, 0.29) is 63.2 Å². The lowest BCUT2D eigenvalue weighted by Gasteiger charge is -2.43. The van der Waals surface area contributed by atoms with Crippen molar-refractivity contribution < 1.29 is 52.0 Å². The maximum Gasteiger partial charge on any atom is 0.306 e. The second-order valence-electron chi connectivity index (χ2n) is 19.8. The number of carbonyl (C=O) groups is 3. The Morgan fingerprint density at radius 2 is 1.03 bits per heavy atom. The van der Waals surface area contributed by atoms with Gasteiger partial charge in [0.2, 0.25) is 5.91 Å². The number of nitrogens with two attached hydrogens (primary N) is 1. The molecule has 0 aromatic heterocycles. The first-order chi connectivity index (χ1) is 34.8. The van der Waals surface area contributed by atoms with E-state index in [4.69, 9.17) is 43.3 Å². The summed E-state index contributed by atoms with van der Waals surface area (Å²) in [7, 11) is -2.67. The average Bonchev–Trinajstić information content (AvgIpc) is 3.38. The standard InChI is InChI=1S/C59H75NO11Si/c1-46(61)67-36-32-47-18-24-50(25-19-47)39-64-42-59(45-70-56(63)31-30-55(60)62,43-65-40-51-26-20-48(21-27-51)33-37-69-57-17-11-12-35-68-57)44-66-41-52-28-22-49(23-29-52)34-38-71-72(58(2,3)4,53-13-7-5-8-14-53)54-15-9-6-10-16-54/h5-10,13-16,18-29,57H,11-12,17,30-45H2,1-4H3,(H2,60,62). The second kappa shape index (κ2) is 28.7. The molecule has 1 heterocycles. The SMILES string of the molecule is CC(=O)OCCc1ccc(COCC(COCc2ccc(CCOC3CCCCO3)cc2)(COCc2ccc(CCO[Si](c3ccccc3)(c3ccccc3)C(C)(C)C)cc2)COC(=O)CCC(N)=O)cc1. The van der Waals surface area contributed by atoms with Crippen LogP contribution in [0.15, 0.2) is 133 Å². The van der Waals surface area contributed by atoms with Crippen molar-refractivity contribution in [1.82, 2.24) is 0 Å². The molecule has 2 atom stereocenters. The summed E-state index contributed by atoms with van der Waals surface area (Å²) in [6, 6.07) is 45.9. The van der Waals surface area contributed by atoms with E-state index in [0.29, 0.717) is 39.5 Å². The molecule has 1 aliphatic rings. The Labute approximate surface area is 427 Å². The van der Waals surface area contributed by atoms with Crippen molar-refractivity contribution in [2.45, 2.75) is 110 Å². The fraction of sp³-hybridized carbons (Fsp3) is 0.441. The molecule has 5 aromatic carbocycles. The van der Waals surface area contributed by atoms with Crippen LogP contribution in [0.5, 0.6) is 0 Å². The minimum absolute atomic E-state index is 0.0758. The highest BCUT2D eigenvalue weighted by molar-refractivity contribution is 6.99. The van der Waals surface area contributed by atoms with Gasteiger partial charge in [-0.1, -0.05) is 154 Å². The molecule has 0 bridgehead atoms. The lowest BCUT2D eigenvalue weighted by molar-refractivity contribution is -0.161. The molecular formula is C59H75NO11Si. The van der Waals surface area contributed by atoms with E-state index < -0.39 is 25.6 Å². The van der Waals surface area contributed by atoms with Crippen LogP contribution < -0.4 is 16.1 Å². The van der Waals surface area contributed by atoms with E-state index in [1.54, 1.807) is 0 Å². The minimum Gasteiger partial charge on any atom is -0.466 e. The van der Waals surface area contributed by atoms with Crippen LogP contribution in [-0.4, -0.2) is 85.3 Å². The van der Waals surface area contributed by atoms with Gasteiger partial charge >= 0.3 is 11.9 Å². The van der Waals surface area contributed by atoms with Crippen LogP contribution >= 0.6 is 0 Å². The van der Waals surface area contributed by atoms with Gasteiger partial charge in [0.15, 0.2) is 6.29 Å². The van der Waals surface area contributed by atoms with Gasteiger partial charge in [-0.2, -0.15) is 0 Å². The lowest BCUT2D eigenvalue weighted by atomic mass is 9.92. The average molecular weight is 1000 g/mol. The molecule has 13 heteroatoms. The largest absolute Gasteiger partial charge is 0.466 e. The van der Waals surface area contributed by atoms with Crippen molar-refractivity contribution in [2.24, 2.45) is 11.1 Å². The summed E-state index contributed by atoms with van der Waals surface area (Å²) < 4.78 is 49.1. The van der Waals surface area contributed by atoms with E-state index in [9.17, 15) is 14.4 Å². The summed E-state index contributed by atoms with van der Waals surface area (Å²) in [5, 5.41) is 2.39. The van der Waals surface area contributed by atoms with Crippen LogP contribution in [0.3, 0.4) is 0 Å². The molecule has 0 radical (unpaired) electrons. The third-order valence-corrected chi connectivity index (χ3v) is 17.9. The first kappa shape index (κ1) is 55.8. The molecule has 5 aromatic rings. The smallest absolute Gasteiger partial charge is 0.306 e. The van der Waals surface area contributed by atoms with Gasteiger partial charge in [0.25, 0.3) is 8.32 Å². The topological polar surface area (TPSA) is 151 Å². The van der Waals surface area contributed by atoms with E-state index in [0.717, 1.165) is 72.1 Å². The van der Waals surface area contributed by atoms with Crippen molar-refractivity contribution in [3.63, 3.8) is 0 Å². The number of rotatable bonds is 30.